The van der Waals surface area contributed by atoms with Gasteiger partial charge in [-0.25, -0.2) is 0 Å². The van der Waals surface area contributed by atoms with E-state index >= 15 is 0 Å². The zero-order valence-electron chi connectivity index (χ0n) is 25.8. The van der Waals surface area contributed by atoms with E-state index in [1.807, 2.05) is 18.2 Å². The molecule has 0 saturated heterocycles. The smallest absolute Gasteiger partial charge is 0.162 e. The Labute approximate surface area is 249 Å². The Morgan fingerprint density at radius 3 is 2.17 bits per heavy atom. The van der Waals surface area contributed by atoms with Gasteiger partial charge in [-0.3, -0.25) is 9.98 Å². The molecule has 0 radical (unpaired) electrons. The van der Waals surface area contributed by atoms with Gasteiger partial charge in [0, 0.05) is 34.8 Å². The third-order valence-corrected chi connectivity index (χ3v) is 8.03. The fourth-order valence-corrected chi connectivity index (χ4v) is 5.23. The van der Waals surface area contributed by atoms with Crippen LogP contribution in [0.2, 0.25) is 0 Å². The second kappa shape index (κ2) is 10.5. The number of anilines is 1. The van der Waals surface area contributed by atoms with Crippen LogP contribution in [0.1, 0.15) is 88.9 Å². The van der Waals surface area contributed by atoms with Crippen LogP contribution in [-0.4, -0.2) is 21.4 Å². The van der Waals surface area contributed by atoms with Gasteiger partial charge in [0.1, 0.15) is 5.69 Å². The summed E-state index contributed by atoms with van der Waals surface area (Å²) in [5, 5.41) is 24.0. The van der Waals surface area contributed by atoms with Gasteiger partial charge in [0.25, 0.3) is 0 Å². The molecule has 2 heterocycles. The van der Waals surface area contributed by atoms with Crippen LogP contribution < -0.4 is 10.1 Å². The average Bonchev–Trinajstić information content (AvgIpc) is 2.92. The Morgan fingerprint density at radius 1 is 0.857 bits per heavy atom. The second-order valence-corrected chi connectivity index (χ2v) is 13.7. The molecule has 0 spiro atoms. The summed E-state index contributed by atoms with van der Waals surface area (Å²) in [5.41, 5.74) is 6.84. The van der Waals surface area contributed by atoms with Crippen LogP contribution in [0.25, 0.3) is 0 Å². The van der Waals surface area contributed by atoms with Crippen molar-refractivity contribution in [3.63, 3.8) is 0 Å². The molecule has 3 N–H and O–H groups in total. The van der Waals surface area contributed by atoms with E-state index in [2.05, 4.69) is 90.0 Å². The van der Waals surface area contributed by atoms with E-state index in [1.54, 1.807) is 24.5 Å². The summed E-state index contributed by atoms with van der Waals surface area (Å²) < 4.78 is 6.83. The maximum absolute atomic E-state index is 10.4. The Hall–Kier alpha value is -4.32. The number of ether oxygens (including phenoxy) is 1. The predicted molar refractivity (Wildman–Crippen MR) is 171 cm³/mol. The van der Waals surface area contributed by atoms with Gasteiger partial charge in [0.15, 0.2) is 23.0 Å². The fraction of sp³-hybridized carbons (Fsp3) is 0.333. The van der Waals surface area contributed by atoms with Gasteiger partial charge >= 0.3 is 0 Å². The fourth-order valence-electron chi connectivity index (χ4n) is 5.23. The summed E-state index contributed by atoms with van der Waals surface area (Å²) >= 11 is 0. The van der Waals surface area contributed by atoms with Gasteiger partial charge in [-0.2, -0.15) is 0 Å². The quantitative estimate of drug-likeness (QED) is 0.167. The maximum Gasteiger partial charge on any atom is 0.162 e. The molecule has 3 aromatic carbocycles. The minimum atomic E-state index is -0.399. The summed E-state index contributed by atoms with van der Waals surface area (Å²) in [6, 6.07) is 19.5. The summed E-state index contributed by atoms with van der Waals surface area (Å²) in [6.07, 6.45) is 3.54. The Bertz CT molecular complexity index is 1660. The summed E-state index contributed by atoms with van der Waals surface area (Å²) in [6.45, 7) is 18.0. The number of phenolic OH excluding ortho intramolecular Hbond substituents is 2. The van der Waals surface area contributed by atoms with Crippen LogP contribution in [0.15, 0.2) is 71.9 Å². The third-order valence-electron chi connectivity index (χ3n) is 8.03. The van der Waals surface area contributed by atoms with Gasteiger partial charge in [0.2, 0.25) is 0 Å². The average molecular weight is 564 g/mol. The molecule has 0 unspecified atom stereocenters. The van der Waals surface area contributed by atoms with Gasteiger partial charge in [-0.15, -0.1) is 0 Å². The Balaban J connectivity index is 1.68. The third kappa shape index (κ3) is 5.58. The number of aliphatic imine (C=N–C) groups is 1. The Morgan fingerprint density at radius 2 is 1.52 bits per heavy atom. The van der Waals surface area contributed by atoms with Crippen molar-refractivity contribution in [3.8, 4) is 23.0 Å². The zero-order valence-corrected chi connectivity index (χ0v) is 25.8. The van der Waals surface area contributed by atoms with E-state index in [1.165, 1.54) is 17.2 Å². The van der Waals surface area contributed by atoms with Crippen molar-refractivity contribution in [2.24, 2.45) is 4.99 Å². The first-order valence-corrected chi connectivity index (χ1v) is 14.4. The van der Waals surface area contributed by atoms with Gasteiger partial charge in [0.05, 0.1) is 17.6 Å². The van der Waals surface area contributed by atoms with Crippen molar-refractivity contribution >= 4 is 17.6 Å². The molecule has 1 aromatic heterocycles. The molecule has 42 heavy (non-hydrogen) atoms. The normalized spacial score (nSPS) is 14.3. The molecule has 0 saturated carbocycles. The van der Waals surface area contributed by atoms with Crippen molar-refractivity contribution in [2.45, 2.75) is 78.2 Å². The minimum Gasteiger partial charge on any atom is -0.504 e. The molecule has 0 atom stereocenters. The number of pyridine rings is 1. The van der Waals surface area contributed by atoms with Crippen molar-refractivity contribution in [2.75, 3.05) is 5.32 Å². The number of rotatable bonds is 5. The predicted octanol–water partition coefficient (Wildman–Crippen LogP) is 8.88. The van der Waals surface area contributed by atoms with Gasteiger partial charge in [-0.05, 0) is 52.3 Å². The SMILES string of the molecule is CC(C)(C)c1cc(N=Cc2ccccn2)c2c(c1)C(C)(C)c1cc(C(C)(C)C)cc(NCc3cccc(O)c3O)c1O2. The van der Waals surface area contributed by atoms with Crippen LogP contribution in [-0.2, 0) is 22.8 Å². The Kier molecular flexibility index (Phi) is 7.30. The van der Waals surface area contributed by atoms with E-state index in [9.17, 15) is 10.2 Å². The molecule has 0 fully saturated rings. The number of phenols is 2. The van der Waals surface area contributed by atoms with Crippen LogP contribution in [0, 0.1) is 0 Å². The summed E-state index contributed by atoms with van der Waals surface area (Å²) in [5.74, 6) is 1.19. The monoisotopic (exact) mass is 563 g/mol. The molecule has 6 nitrogen and oxygen atoms in total. The highest BCUT2D eigenvalue weighted by Crippen LogP contribution is 2.55. The van der Waals surface area contributed by atoms with Crippen LogP contribution in [0.3, 0.4) is 0 Å². The molecular formula is C36H41N3O3. The summed E-state index contributed by atoms with van der Waals surface area (Å²) in [7, 11) is 0. The van der Waals surface area contributed by atoms with Gasteiger partial charge in [-0.1, -0.05) is 85.7 Å². The number of aromatic nitrogens is 1. The molecule has 0 bridgehead atoms. The number of nitrogens with one attached hydrogen (secondary N) is 1. The number of aromatic hydroxyl groups is 2. The zero-order chi connectivity index (χ0) is 30.4. The van der Waals surface area contributed by atoms with Crippen molar-refractivity contribution in [1.82, 2.24) is 4.98 Å². The van der Waals surface area contributed by atoms with Crippen molar-refractivity contribution in [1.29, 1.82) is 0 Å². The van der Waals surface area contributed by atoms with E-state index in [4.69, 9.17) is 9.73 Å². The first kappa shape index (κ1) is 29.2. The lowest BCUT2D eigenvalue weighted by atomic mass is 9.71. The number of hydrogen-bond acceptors (Lipinski definition) is 6. The lowest BCUT2D eigenvalue weighted by molar-refractivity contribution is 0.400. The number of hydrogen-bond donors (Lipinski definition) is 3. The lowest BCUT2D eigenvalue weighted by Crippen LogP contribution is -2.27. The molecular weight excluding hydrogens is 522 g/mol. The van der Waals surface area contributed by atoms with Crippen molar-refractivity contribution < 1.29 is 14.9 Å². The first-order chi connectivity index (χ1) is 19.7. The molecule has 6 heteroatoms. The second-order valence-electron chi connectivity index (χ2n) is 13.7. The molecule has 0 amide bonds. The van der Waals surface area contributed by atoms with E-state index in [-0.39, 0.29) is 22.3 Å². The highest BCUT2D eigenvalue weighted by atomic mass is 16.5. The van der Waals surface area contributed by atoms with Gasteiger partial charge < -0.3 is 20.3 Å². The maximum atomic E-state index is 10.4. The number of para-hydroxylation sites is 1. The number of benzene rings is 3. The van der Waals surface area contributed by atoms with E-state index in [0.717, 1.165) is 39.7 Å². The largest absolute Gasteiger partial charge is 0.504 e. The molecule has 1 aliphatic rings. The first-order valence-electron chi connectivity index (χ1n) is 14.4. The molecule has 0 aliphatic carbocycles. The lowest BCUT2D eigenvalue weighted by Gasteiger charge is -2.38. The molecule has 218 valence electrons. The van der Waals surface area contributed by atoms with Crippen molar-refractivity contribution in [3.05, 3.63) is 100 Å². The molecule has 1 aliphatic heterocycles. The molecule has 4 aromatic rings. The number of fused-ring (bicyclic) bond motifs is 2. The highest BCUT2D eigenvalue weighted by Gasteiger charge is 2.39. The van der Waals surface area contributed by atoms with Crippen LogP contribution in [0.4, 0.5) is 11.4 Å². The minimum absolute atomic E-state index is 0.0934. The van der Waals surface area contributed by atoms with E-state index < -0.39 is 5.41 Å². The molecule has 5 rings (SSSR count). The van der Waals surface area contributed by atoms with Crippen LogP contribution in [0.5, 0.6) is 23.0 Å². The standard InChI is InChI=1S/C36H41N3O3/c1-34(2,3)23-16-26-32(28(18-23)38-20-22-12-11-14-30(40)31(22)41)42-33-27(36(26,7)8)17-24(35(4,5)6)19-29(33)39-21-25-13-9-10-15-37-25/h9-19,21,38,40-41H,20H2,1-8H3. The highest BCUT2D eigenvalue weighted by molar-refractivity contribution is 5.82. The topological polar surface area (TPSA) is 87.0 Å². The van der Waals surface area contributed by atoms with E-state index in [0.29, 0.717) is 12.1 Å². The summed E-state index contributed by atoms with van der Waals surface area (Å²) in [4.78, 5) is 9.33. The number of nitrogens with zero attached hydrogens (tertiary/aromatic N) is 2. The van der Waals surface area contributed by atoms with Crippen LogP contribution >= 0.6 is 0 Å².